The molecule has 0 radical (unpaired) electrons. The van der Waals surface area contributed by atoms with Crippen molar-refractivity contribution in [2.24, 2.45) is 0 Å². The van der Waals surface area contributed by atoms with E-state index < -0.39 is 9.84 Å². The first kappa shape index (κ1) is 14.6. The number of carbonyl (C=O) groups is 1. The zero-order chi connectivity index (χ0) is 14.8. The predicted molar refractivity (Wildman–Crippen MR) is 79.3 cm³/mol. The summed E-state index contributed by atoms with van der Waals surface area (Å²) in [6.07, 6.45) is 0.505. The van der Waals surface area contributed by atoms with Crippen LogP contribution in [0, 0.1) is 0 Å². The quantitative estimate of drug-likeness (QED) is 0.823. The van der Waals surface area contributed by atoms with Crippen molar-refractivity contribution < 1.29 is 13.2 Å². The van der Waals surface area contributed by atoms with Gasteiger partial charge in [0.25, 0.3) is 0 Å². The van der Waals surface area contributed by atoms with Gasteiger partial charge in [-0.2, -0.15) is 0 Å². The number of nitrogens with two attached hydrogens (primary N) is 1. The van der Waals surface area contributed by atoms with E-state index in [4.69, 9.17) is 5.73 Å². The fourth-order valence-corrected chi connectivity index (χ4v) is 4.08. The Labute approximate surface area is 118 Å². The minimum atomic E-state index is -3.00. The Morgan fingerprint density at radius 3 is 2.55 bits per heavy atom. The number of nitrogens with zero attached hydrogens (tertiary/aromatic N) is 1. The summed E-state index contributed by atoms with van der Waals surface area (Å²) >= 11 is 0. The van der Waals surface area contributed by atoms with E-state index >= 15 is 0 Å². The number of sulfone groups is 1. The molecule has 1 aromatic carbocycles. The monoisotopic (exact) mass is 297 g/mol. The molecule has 0 bridgehead atoms. The Balaban J connectivity index is 2.04. The van der Waals surface area contributed by atoms with Crippen molar-refractivity contribution in [2.45, 2.75) is 19.4 Å². The second-order valence-corrected chi connectivity index (χ2v) is 7.12. The van der Waals surface area contributed by atoms with Crippen LogP contribution in [-0.4, -0.2) is 43.4 Å². The van der Waals surface area contributed by atoms with Crippen molar-refractivity contribution in [3.63, 3.8) is 0 Å². The Morgan fingerprint density at radius 2 is 2.05 bits per heavy atom. The lowest BCUT2D eigenvalue weighted by atomic mass is 10.2. The minimum Gasteiger partial charge on any atom is -0.399 e. The second kappa shape index (κ2) is 5.70. The molecule has 110 valence electrons. The van der Waals surface area contributed by atoms with Crippen LogP contribution in [0.1, 0.15) is 13.3 Å². The summed E-state index contributed by atoms with van der Waals surface area (Å²) in [4.78, 5) is 13.8. The van der Waals surface area contributed by atoms with Crippen molar-refractivity contribution in [3.8, 4) is 0 Å². The van der Waals surface area contributed by atoms with Crippen LogP contribution in [-0.2, 0) is 9.84 Å². The van der Waals surface area contributed by atoms with E-state index in [1.807, 2.05) is 6.92 Å². The summed E-state index contributed by atoms with van der Waals surface area (Å²) in [7, 11) is -3.00. The maximum atomic E-state index is 12.2. The van der Waals surface area contributed by atoms with E-state index in [1.54, 1.807) is 29.2 Å². The van der Waals surface area contributed by atoms with Crippen molar-refractivity contribution in [2.75, 3.05) is 29.1 Å². The first-order chi connectivity index (χ1) is 9.41. The number of carbonyl (C=O) groups excluding carboxylic acids is 1. The molecule has 6 nitrogen and oxygen atoms in total. The van der Waals surface area contributed by atoms with Crippen molar-refractivity contribution in [1.82, 2.24) is 4.90 Å². The zero-order valence-electron chi connectivity index (χ0n) is 11.4. The summed E-state index contributed by atoms with van der Waals surface area (Å²) < 4.78 is 23.0. The molecule has 1 unspecified atom stereocenters. The van der Waals surface area contributed by atoms with Crippen LogP contribution in [0.25, 0.3) is 0 Å². The molecule has 7 heteroatoms. The molecule has 20 heavy (non-hydrogen) atoms. The molecule has 1 aliphatic rings. The summed E-state index contributed by atoms with van der Waals surface area (Å²) in [5.41, 5.74) is 6.85. The number of amides is 2. The Bertz CT molecular complexity index is 583. The minimum absolute atomic E-state index is 0.0516. The van der Waals surface area contributed by atoms with Crippen LogP contribution in [0.4, 0.5) is 16.2 Å². The van der Waals surface area contributed by atoms with Gasteiger partial charge in [-0.05, 0) is 37.6 Å². The summed E-state index contributed by atoms with van der Waals surface area (Å²) in [5, 5.41) is 2.76. The third-order valence-corrected chi connectivity index (χ3v) is 5.16. The van der Waals surface area contributed by atoms with E-state index in [9.17, 15) is 13.2 Å². The molecule has 1 aromatic rings. The fourth-order valence-electron chi connectivity index (χ4n) is 2.35. The maximum absolute atomic E-state index is 12.2. The molecule has 2 rings (SSSR count). The average molecular weight is 297 g/mol. The van der Waals surface area contributed by atoms with Gasteiger partial charge in [0.05, 0.1) is 11.5 Å². The Morgan fingerprint density at radius 1 is 1.40 bits per heavy atom. The Hall–Kier alpha value is -1.76. The van der Waals surface area contributed by atoms with Crippen molar-refractivity contribution in [1.29, 1.82) is 0 Å². The van der Waals surface area contributed by atoms with Gasteiger partial charge in [0, 0.05) is 24.0 Å². The Kier molecular flexibility index (Phi) is 4.17. The van der Waals surface area contributed by atoms with Gasteiger partial charge in [0.2, 0.25) is 0 Å². The lowest BCUT2D eigenvalue weighted by Gasteiger charge is -2.27. The van der Waals surface area contributed by atoms with Gasteiger partial charge in [-0.3, -0.25) is 0 Å². The van der Waals surface area contributed by atoms with E-state index in [-0.39, 0.29) is 23.6 Å². The smallest absolute Gasteiger partial charge is 0.322 e. The number of nitrogen functional groups attached to an aromatic ring is 1. The lowest BCUT2D eigenvalue weighted by molar-refractivity contribution is 0.197. The second-order valence-electron chi connectivity index (χ2n) is 4.90. The van der Waals surface area contributed by atoms with Crippen LogP contribution in [0.3, 0.4) is 0 Å². The summed E-state index contributed by atoms with van der Waals surface area (Å²) in [6.45, 7) is 2.31. The molecule has 1 atom stereocenters. The number of hydrogen-bond donors (Lipinski definition) is 2. The number of urea groups is 1. The third kappa shape index (κ3) is 3.41. The highest BCUT2D eigenvalue weighted by atomic mass is 32.2. The standard InChI is InChI=1S/C13H19N3O3S/c1-2-16(12-7-8-20(18,19)9-12)13(17)15-11-5-3-10(14)4-6-11/h3-6,12H,2,7-9,14H2,1H3,(H,15,17). The van der Waals surface area contributed by atoms with E-state index in [1.165, 1.54) is 0 Å². The van der Waals surface area contributed by atoms with E-state index in [0.717, 1.165) is 0 Å². The molecule has 0 aliphatic carbocycles. The molecule has 2 amide bonds. The zero-order valence-corrected chi connectivity index (χ0v) is 12.2. The number of nitrogens with one attached hydrogen (secondary N) is 1. The van der Waals surface area contributed by atoms with Gasteiger partial charge >= 0.3 is 6.03 Å². The van der Waals surface area contributed by atoms with Crippen LogP contribution >= 0.6 is 0 Å². The number of rotatable bonds is 3. The summed E-state index contributed by atoms with van der Waals surface area (Å²) in [5.74, 6) is 0.208. The number of benzene rings is 1. The molecule has 0 saturated carbocycles. The van der Waals surface area contributed by atoms with Crippen LogP contribution < -0.4 is 11.1 Å². The predicted octanol–water partition coefficient (Wildman–Crippen LogP) is 1.31. The van der Waals surface area contributed by atoms with Gasteiger partial charge < -0.3 is 16.0 Å². The maximum Gasteiger partial charge on any atom is 0.322 e. The first-order valence-corrected chi connectivity index (χ1v) is 8.37. The molecule has 1 fully saturated rings. The summed E-state index contributed by atoms with van der Waals surface area (Å²) in [6, 6.07) is 6.31. The molecular formula is C13H19N3O3S. The topological polar surface area (TPSA) is 92.5 Å². The molecule has 1 heterocycles. The fraction of sp³-hybridized carbons (Fsp3) is 0.462. The largest absolute Gasteiger partial charge is 0.399 e. The van der Waals surface area contributed by atoms with Crippen molar-refractivity contribution in [3.05, 3.63) is 24.3 Å². The molecule has 1 saturated heterocycles. The van der Waals surface area contributed by atoms with Crippen LogP contribution in [0.5, 0.6) is 0 Å². The normalized spacial score (nSPS) is 20.6. The SMILES string of the molecule is CCN(C(=O)Nc1ccc(N)cc1)C1CCS(=O)(=O)C1. The molecule has 0 aromatic heterocycles. The average Bonchev–Trinajstić information content (AvgIpc) is 2.73. The van der Waals surface area contributed by atoms with Crippen LogP contribution in [0.15, 0.2) is 24.3 Å². The number of anilines is 2. The third-order valence-electron chi connectivity index (χ3n) is 3.41. The lowest BCUT2D eigenvalue weighted by Crippen LogP contribution is -2.43. The van der Waals surface area contributed by atoms with Gasteiger partial charge in [-0.15, -0.1) is 0 Å². The van der Waals surface area contributed by atoms with Gasteiger partial charge in [-0.1, -0.05) is 0 Å². The molecular weight excluding hydrogens is 278 g/mol. The highest BCUT2D eigenvalue weighted by Gasteiger charge is 2.33. The van der Waals surface area contributed by atoms with E-state index in [2.05, 4.69) is 5.32 Å². The molecule has 1 aliphatic heterocycles. The van der Waals surface area contributed by atoms with Gasteiger partial charge in [0.1, 0.15) is 0 Å². The van der Waals surface area contributed by atoms with Gasteiger partial charge in [0.15, 0.2) is 9.84 Å². The first-order valence-electron chi connectivity index (χ1n) is 6.55. The molecule has 0 spiro atoms. The number of hydrogen-bond acceptors (Lipinski definition) is 4. The van der Waals surface area contributed by atoms with E-state index in [0.29, 0.717) is 24.3 Å². The molecule has 3 N–H and O–H groups in total. The highest BCUT2D eigenvalue weighted by molar-refractivity contribution is 7.91. The van der Waals surface area contributed by atoms with Crippen LogP contribution in [0.2, 0.25) is 0 Å². The highest BCUT2D eigenvalue weighted by Crippen LogP contribution is 2.19. The van der Waals surface area contributed by atoms with Gasteiger partial charge in [-0.25, -0.2) is 13.2 Å². The van der Waals surface area contributed by atoms with Crippen molar-refractivity contribution >= 4 is 27.2 Å².